The van der Waals surface area contributed by atoms with E-state index >= 15 is 0 Å². The molecule has 4 heteroatoms. The Labute approximate surface area is 108 Å². The number of likely N-dealkylation sites (tertiary alicyclic amines) is 1. The van der Waals surface area contributed by atoms with Crippen molar-refractivity contribution in [2.75, 3.05) is 20.2 Å². The molecule has 0 bridgehead atoms. The Morgan fingerprint density at radius 1 is 1.44 bits per heavy atom. The van der Waals surface area contributed by atoms with E-state index in [0.717, 1.165) is 30.2 Å². The van der Waals surface area contributed by atoms with Gasteiger partial charge in [0.2, 0.25) is 0 Å². The molecule has 4 nitrogen and oxygen atoms in total. The fraction of sp³-hybridized carbons (Fsp3) is 0.786. The first-order valence-electron chi connectivity index (χ1n) is 7.08. The molecule has 2 aliphatic rings. The minimum atomic E-state index is 0.431. The van der Waals surface area contributed by atoms with Crippen LogP contribution in [0.4, 0.5) is 0 Å². The Hall–Kier alpha value is -1.03. The highest BCUT2D eigenvalue weighted by atomic mass is 16.6. The maximum Gasteiger partial charge on any atom is 0.393 e. The van der Waals surface area contributed by atoms with Crippen molar-refractivity contribution in [3.8, 4) is 6.08 Å². The van der Waals surface area contributed by atoms with Crippen molar-refractivity contribution in [2.45, 2.75) is 45.1 Å². The fourth-order valence-corrected chi connectivity index (χ4v) is 3.52. The topological polar surface area (TPSA) is 38.5 Å². The van der Waals surface area contributed by atoms with E-state index in [1.807, 2.05) is 0 Å². The first kappa shape index (κ1) is 12.0. The van der Waals surface area contributed by atoms with Gasteiger partial charge in [0.15, 0.2) is 0 Å². The zero-order valence-corrected chi connectivity index (χ0v) is 11.3. The van der Waals surface area contributed by atoms with Crippen LogP contribution in [0.2, 0.25) is 0 Å². The van der Waals surface area contributed by atoms with Gasteiger partial charge in [-0.25, -0.2) is 0 Å². The molecule has 1 aromatic rings. The van der Waals surface area contributed by atoms with E-state index in [9.17, 15) is 0 Å². The van der Waals surface area contributed by atoms with Gasteiger partial charge in [-0.3, -0.25) is 4.90 Å². The molecule has 3 rings (SSSR count). The highest BCUT2D eigenvalue weighted by Gasteiger charge is 2.37. The van der Waals surface area contributed by atoms with Gasteiger partial charge in [0, 0.05) is 12.5 Å². The van der Waals surface area contributed by atoms with Gasteiger partial charge in [0.1, 0.15) is 5.76 Å². The molecule has 18 heavy (non-hydrogen) atoms. The van der Waals surface area contributed by atoms with Crippen LogP contribution in [0, 0.1) is 5.92 Å². The Morgan fingerprint density at radius 3 is 3.11 bits per heavy atom. The van der Waals surface area contributed by atoms with Crippen LogP contribution < -0.4 is 4.74 Å². The normalized spacial score (nSPS) is 27.7. The Bertz CT molecular complexity index is 414. The molecular weight excluding hydrogens is 228 g/mol. The van der Waals surface area contributed by atoms with E-state index in [1.165, 1.54) is 32.4 Å². The van der Waals surface area contributed by atoms with Crippen LogP contribution in [0.15, 0.2) is 4.42 Å². The maximum absolute atomic E-state index is 5.67. The molecule has 2 atom stereocenters. The summed E-state index contributed by atoms with van der Waals surface area (Å²) in [5.41, 5.74) is 1.13. The number of nitrogens with zero attached hydrogens (tertiary/aromatic N) is 2. The van der Waals surface area contributed by atoms with Gasteiger partial charge in [-0.1, -0.05) is 6.92 Å². The lowest BCUT2D eigenvalue weighted by Crippen LogP contribution is -2.49. The molecule has 0 aromatic carbocycles. The number of oxazole rings is 1. The zero-order valence-electron chi connectivity index (χ0n) is 11.3. The summed E-state index contributed by atoms with van der Waals surface area (Å²) in [6, 6.07) is 0.656. The van der Waals surface area contributed by atoms with Crippen molar-refractivity contribution in [1.82, 2.24) is 9.88 Å². The third-order valence-electron chi connectivity index (χ3n) is 4.33. The van der Waals surface area contributed by atoms with Gasteiger partial charge >= 0.3 is 6.08 Å². The van der Waals surface area contributed by atoms with Gasteiger partial charge in [0.05, 0.1) is 12.8 Å². The number of ether oxygens (including phenoxy) is 1. The number of hydrogen-bond acceptors (Lipinski definition) is 4. The van der Waals surface area contributed by atoms with Gasteiger partial charge in [0.25, 0.3) is 0 Å². The SMILES string of the molecule is CCCN1CCC[C@H]2Cc3nc(OC)oc3C[C@@H]21. The Kier molecular flexibility index (Phi) is 3.29. The van der Waals surface area contributed by atoms with E-state index < -0.39 is 0 Å². The average Bonchev–Trinajstić information content (AvgIpc) is 2.79. The van der Waals surface area contributed by atoms with E-state index in [4.69, 9.17) is 9.15 Å². The molecule has 0 radical (unpaired) electrons. The molecule has 1 aliphatic heterocycles. The van der Waals surface area contributed by atoms with Crippen LogP contribution in [0.3, 0.4) is 0 Å². The van der Waals surface area contributed by atoms with E-state index in [-0.39, 0.29) is 0 Å². The molecule has 1 fully saturated rings. The number of aromatic nitrogens is 1. The lowest BCUT2D eigenvalue weighted by molar-refractivity contribution is 0.0792. The van der Waals surface area contributed by atoms with Crippen LogP contribution in [0.25, 0.3) is 0 Å². The summed E-state index contributed by atoms with van der Waals surface area (Å²) in [5.74, 6) is 1.81. The fourth-order valence-electron chi connectivity index (χ4n) is 3.52. The minimum Gasteiger partial charge on any atom is -0.454 e. The quantitative estimate of drug-likeness (QED) is 0.825. The summed E-state index contributed by atoms with van der Waals surface area (Å²) < 4.78 is 10.8. The van der Waals surface area contributed by atoms with Crippen LogP contribution in [0.5, 0.6) is 6.08 Å². The summed E-state index contributed by atoms with van der Waals surface area (Å²) in [7, 11) is 1.62. The predicted octanol–water partition coefficient (Wildman–Crippen LogP) is 2.27. The van der Waals surface area contributed by atoms with Crippen molar-refractivity contribution >= 4 is 0 Å². The van der Waals surface area contributed by atoms with Gasteiger partial charge < -0.3 is 9.15 Å². The molecule has 2 heterocycles. The van der Waals surface area contributed by atoms with Gasteiger partial charge in [-0.2, -0.15) is 4.98 Å². The Balaban J connectivity index is 1.82. The van der Waals surface area contributed by atoms with E-state index in [2.05, 4.69) is 16.8 Å². The zero-order chi connectivity index (χ0) is 12.5. The molecule has 1 saturated heterocycles. The number of fused-ring (bicyclic) bond motifs is 2. The van der Waals surface area contributed by atoms with Crippen LogP contribution in [-0.4, -0.2) is 36.1 Å². The third kappa shape index (κ3) is 2.03. The third-order valence-corrected chi connectivity index (χ3v) is 4.33. The summed E-state index contributed by atoms with van der Waals surface area (Å²) in [6.07, 6.45) is 6.39. The molecule has 0 spiro atoms. The van der Waals surface area contributed by atoms with Crippen molar-refractivity contribution in [3.05, 3.63) is 11.5 Å². The second-order valence-corrected chi connectivity index (χ2v) is 5.47. The number of piperidine rings is 1. The standard InChI is InChI=1S/C14H22N2O2/c1-3-6-16-7-4-5-10-8-11-13(9-12(10)16)18-14(15-11)17-2/h10,12H,3-9H2,1-2H3/t10-,12-/m0/s1. The summed E-state index contributed by atoms with van der Waals surface area (Å²) in [4.78, 5) is 7.07. The summed E-state index contributed by atoms with van der Waals surface area (Å²) in [5, 5.41) is 0. The molecule has 0 unspecified atom stereocenters. The van der Waals surface area contributed by atoms with E-state index in [0.29, 0.717) is 12.1 Å². The van der Waals surface area contributed by atoms with Crippen LogP contribution in [-0.2, 0) is 12.8 Å². The lowest BCUT2D eigenvalue weighted by Gasteiger charge is -2.43. The summed E-state index contributed by atoms with van der Waals surface area (Å²) >= 11 is 0. The monoisotopic (exact) mass is 250 g/mol. The highest BCUT2D eigenvalue weighted by Crippen LogP contribution is 2.36. The van der Waals surface area contributed by atoms with Crippen LogP contribution in [0.1, 0.15) is 37.6 Å². The molecule has 1 aromatic heterocycles. The van der Waals surface area contributed by atoms with Crippen molar-refractivity contribution in [3.63, 3.8) is 0 Å². The van der Waals surface area contributed by atoms with Crippen molar-refractivity contribution < 1.29 is 9.15 Å². The highest BCUT2D eigenvalue weighted by molar-refractivity contribution is 5.19. The predicted molar refractivity (Wildman–Crippen MR) is 68.8 cm³/mol. The van der Waals surface area contributed by atoms with Crippen LogP contribution >= 0.6 is 0 Å². The maximum atomic E-state index is 5.67. The molecule has 1 aliphatic carbocycles. The molecule has 0 N–H and O–H groups in total. The molecular formula is C14H22N2O2. The Morgan fingerprint density at radius 2 is 2.33 bits per heavy atom. The number of rotatable bonds is 3. The average molecular weight is 250 g/mol. The van der Waals surface area contributed by atoms with Gasteiger partial charge in [-0.15, -0.1) is 0 Å². The summed E-state index contributed by atoms with van der Waals surface area (Å²) in [6.45, 7) is 4.72. The molecule has 0 amide bonds. The molecule has 0 saturated carbocycles. The van der Waals surface area contributed by atoms with E-state index in [1.54, 1.807) is 7.11 Å². The second kappa shape index (κ2) is 4.92. The minimum absolute atomic E-state index is 0.431. The van der Waals surface area contributed by atoms with Crippen molar-refractivity contribution in [1.29, 1.82) is 0 Å². The van der Waals surface area contributed by atoms with Gasteiger partial charge in [-0.05, 0) is 44.7 Å². The lowest BCUT2D eigenvalue weighted by atomic mass is 9.79. The first-order chi connectivity index (χ1) is 8.81. The smallest absolute Gasteiger partial charge is 0.393 e. The second-order valence-electron chi connectivity index (χ2n) is 5.47. The number of methoxy groups -OCH3 is 1. The van der Waals surface area contributed by atoms with Crippen molar-refractivity contribution in [2.24, 2.45) is 5.92 Å². The largest absolute Gasteiger partial charge is 0.454 e. The number of hydrogen-bond donors (Lipinski definition) is 0. The first-order valence-corrected chi connectivity index (χ1v) is 7.08. The molecule has 100 valence electrons.